The standard InChI is InChI=1S/C26H29NO5/c1-17-6-7-18(2)21(14-17)24-22(25(28)31-4)15-27(16-23(24)26(29)32-5)13-12-19-8-10-20(30-3)11-9-19/h6-11,14-16,24H,12-13H2,1-5H3. The molecule has 0 atom stereocenters. The third kappa shape index (κ3) is 5.02. The van der Waals surface area contributed by atoms with Crippen LogP contribution in [0.1, 0.15) is 28.2 Å². The molecule has 0 amide bonds. The first-order chi connectivity index (χ1) is 15.4. The van der Waals surface area contributed by atoms with E-state index in [1.807, 2.05) is 61.2 Å². The van der Waals surface area contributed by atoms with Crippen molar-refractivity contribution in [1.82, 2.24) is 4.90 Å². The van der Waals surface area contributed by atoms with E-state index in [9.17, 15) is 9.59 Å². The zero-order valence-electron chi connectivity index (χ0n) is 19.2. The number of rotatable bonds is 7. The van der Waals surface area contributed by atoms with Crippen molar-refractivity contribution >= 4 is 11.9 Å². The summed E-state index contributed by atoms with van der Waals surface area (Å²) in [5, 5.41) is 0. The van der Waals surface area contributed by atoms with Gasteiger partial charge in [-0.3, -0.25) is 0 Å². The SMILES string of the molecule is COC(=O)C1=CN(CCc2ccc(OC)cc2)C=C(C(=O)OC)C1c1cc(C)ccc1C. The molecule has 0 aromatic heterocycles. The monoisotopic (exact) mass is 435 g/mol. The van der Waals surface area contributed by atoms with Crippen LogP contribution < -0.4 is 4.74 Å². The fourth-order valence-corrected chi connectivity index (χ4v) is 3.87. The van der Waals surface area contributed by atoms with E-state index in [4.69, 9.17) is 14.2 Å². The highest BCUT2D eigenvalue weighted by molar-refractivity contribution is 5.98. The molecule has 0 saturated carbocycles. The van der Waals surface area contributed by atoms with Crippen molar-refractivity contribution in [3.63, 3.8) is 0 Å². The van der Waals surface area contributed by atoms with E-state index in [1.165, 1.54) is 14.2 Å². The van der Waals surface area contributed by atoms with Crippen molar-refractivity contribution in [1.29, 1.82) is 0 Å². The normalized spacial score (nSPS) is 13.8. The van der Waals surface area contributed by atoms with Crippen LogP contribution in [-0.2, 0) is 25.5 Å². The molecular weight excluding hydrogens is 406 g/mol. The zero-order chi connectivity index (χ0) is 23.3. The lowest BCUT2D eigenvalue weighted by atomic mass is 9.81. The summed E-state index contributed by atoms with van der Waals surface area (Å²) in [5.74, 6) is -0.712. The van der Waals surface area contributed by atoms with Crippen molar-refractivity contribution in [2.45, 2.75) is 26.2 Å². The fourth-order valence-electron chi connectivity index (χ4n) is 3.87. The van der Waals surface area contributed by atoms with Gasteiger partial charge in [-0.2, -0.15) is 0 Å². The molecule has 2 aromatic carbocycles. The predicted octanol–water partition coefficient (Wildman–Crippen LogP) is 4.07. The van der Waals surface area contributed by atoms with Crippen LogP contribution in [0.2, 0.25) is 0 Å². The lowest BCUT2D eigenvalue weighted by Gasteiger charge is -2.31. The summed E-state index contributed by atoms with van der Waals surface area (Å²) >= 11 is 0. The second-order valence-corrected chi connectivity index (χ2v) is 7.78. The smallest absolute Gasteiger partial charge is 0.336 e. The van der Waals surface area contributed by atoms with Crippen molar-refractivity contribution in [2.75, 3.05) is 27.9 Å². The minimum Gasteiger partial charge on any atom is -0.497 e. The van der Waals surface area contributed by atoms with Crippen LogP contribution in [-0.4, -0.2) is 44.7 Å². The molecule has 168 valence electrons. The van der Waals surface area contributed by atoms with Crippen molar-refractivity contribution in [3.05, 3.63) is 88.3 Å². The summed E-state index contributed by atoms with van der Waals surface area (Å²) < 4.78 is 15.4. The molecule has 0 N–H and O–H groups in total. The second-order valence-electron chi connectivity index (χ2n) is 7.78. The molecule has 1 aliphatic rings. The molecule has 0 aliphatic carbocycles. The van der Waals surface area contributed by atoms with E-state index in [0.29, 0.717) is 24.1 Å². The number of hydrogen-bond donors (Lipinski definition) is 0. The average Bonchev–Trinajstić information content (AvgIpc) is 2.83. The molecule has 0 bridgehead atoms. The molecule has 0 radical (unpaired) electrons. The van der Waals surface area contributed by atoms with E-state index >= 15 is 0 Å². The van der Waals surface area contributed by atoms with Crippen LogP contribution >= 0.6 is 0 Å². The molecular formula is C26H29NO5. The summed E-state index contributed by atoms with van der Waals surface area (Å²) in [7, 11) is 4.33. The highest BCUT2D eigenvalue weighted by atomic mass is 16.5. The van der Waals surface area contributed by atoms with E-state index in [2.05, 4.69) is 0 Å². The lowest BCUT2D eigenvalue weighted by molar-refractivity contribution is -0.137. The highest BCUT2D eigenvalue weighted by Crippen LogP contribution is 2.38. The summed E-state index contributed by atoms with van der Waals surface area (Å²) in [6, 6.07) is 13.8. The van der Waals surface area contributed by atoms with Gasteiger partial charge in [-0.15, -0.1) is 0 Å². The van der Waals surface area contributed by atoms with Crippen molar-refractivity contribution in [2.24, 2.45) is 0 Å². The molecule has 0 spiro atoms. The van der Waals surface area contributed by atoms with Gasteiger partial charge in [-0.1, -0.05) is 35.9 Å². The Labute approximate surface area is 189 Å². The van der Waals surface area contributed by atoms with Gasteiger partial charge >= 0.3 is 11.9 Å². The van der Waals surface area contributed by atoms with Gasteiger partial charge in [0.2, 0.25) is 0 Å². The van der Waals surface area contributed by atoms with Gasteiger partial charge in [-0.05, 0) is 49.1 Å². The number of carbonyl (C=O) groups excluding carboxylic acids is 2. The quantitative estimate of drug-likeness (QED) is 0.611. The van der Waals surface area contributed by atoms with Crippen LogP contribution in [0.4, 0.5) is 0 Å². The first kappa shape index (κ1) is 23.1. The predicted molar refractivity (Wildman–Crippen MR) is 122 cm³/mol. The van der Waals surface area contributed by atoms with Crippen LogP contribution in [0.3, 0.4) is 0 Å². The van der Waals surface area contributed by atoms with Crippen LogP contribution in [0.15, 0.2) is 66.0 Å². The molecule has 1 heterocycles. The summed E-state index contributed by atoms with van der Waals surface area (Å²) in [5.41, 5.74) is 4.83. The molecule has 0 unspecified atom stereocenters. The van der Waals surface area contributed by atoms with Gasteiger partial charge < -0.3 is 19.1 Å². The average molecular weight is 436 g/mol. The maximum absolute atomic E-state index is 12.8. The topological polar surface area (TPSA) is 65.1 Å². The number of esters is 2. The second kappa shape index (κ2) is 10.2. The Kier molecular flexibility index (Phi) is 7.36. The Morgan fingerprint density at radius 3 is 2.00 bits per heavy atom. The molecule has 6 heteroatoms. The first-order valence-electron chi connectivity index (χ1n) is 10.4. The molecule has 2 aromatic rings. The summed E-state index contributed by atoms with van der Waals surface area (Å²) in [6.45, 7) is 4.53. The van der Waals surface area contributed by atoms with Crippen molar-refractivity contribution < 1.29 is 23.8 Å². The fraction of sp³-hybridized carbons (Fsp3) is 0.308. The Balaban J connectivity index is 1.99. The largest absolute Gasteiger partial charge is 0.497 e. The molecule has 6 nitrogen and oxygen atoms in total. The lowest BCUT2D eigenvalue weighted by Crippen LogP contribution is -2.30. The van der Waals surface area contributed by atoms with Gasteiger partial charge in [0.25, 0.3) is 0 Å². The minimum atomic E-state index is -0.563. The number of nitrogens with zero attached hydrogens (tertiary/aromatic N) is 1. The summed E-state index contributed by atoms with van der Waals surface area (Å²) in [6.07, 6.45) is 4.26. The Morgan fingerprint density at radius 2 is 1.47 bits per heavy atom. The number of ether oxygens (including phenoxy) is 3. The van der Waals surface area contributed by atoms with E-state index in [0.717, 1.165) is 28.0 Å². The third-order valence-electron chi connectivity index (χ3n) is 5.64. The Hall–Kier alpha value is -3.54. The van der Waals surface area contributed by atoms with E-state index < -0.39 is 17.9 Å². The molecule has 0 fully saturated rings. The van der Waals surface area contributed by atoms with E-state index in [1.54, 1.807) is 19.5 Å². The third-order valence-corrected chi connectivity index (χ3v) is 5.64. The number of hydrogen-bond acceptors (Lipinski definition) is 6. The number of carbonyl (C=O) groups is 2. The minimum absolute atomic E-state index is 0.402. The summed E-state index contributed by atoms with van der Waals surface area (Å²) in [4.78, 5) is 27.4. The molecule has 1 aliphatic heterocycles. The maximum atomic E-state index is 12.8. The number of benzene rings is 2. The first-order valence-corrected chi connectivity index (χ1v) is 10.4. The molecule has 0 saturated heterocycles. The van der Waals surface area contributed by atoms with Gasteiger partial charge in [-0.25, -0.2) is 9.59 Å². The van der Waals surface area contributed by atoms with Gasteiger partial charge in [0.1, 0.15) is 5.75 Å². The number of methoxy groups -OCH3 is 3. The zero-order valence-corrected chi connectivity index (χ0v) is 19.2. The van der Waals surface area contributed by atoms with Crippen LogP contribution in [0, 0.1) is 13.8 Å². The van der Waals surface area contributed by atoms with Gasteiger partial charge in [0, 0.05) is 18.9 Å². The van der Waals surface area contributed by atoms with E-state index in [-0.39, 0.29) is 0 Å². The maximum Gasteiger partial charge on any atom is 0.336 e. The highest BCUT2D eigenvalue weighted by Gasteiger charge is 2.36. The van der Waals surface area contributed by atoms with Gasteiger partial charge in [0.05, 0.1) is 38.4 Å². The molecule has 3 rings (SSSR count). The van der Waals surface area contributed by atoms with Crippen LogP contribution in [0.25, 0.3) is 0 Å². The van der Waals surface area contributed by atoms with Crippen molar-refractivity contribution in [3.8, 4) is 5.75 Å². The Bertz CT molecular complexity index is 1020. The van der Waals surface area contributed by atoms with Crippen LogP contribution in [0.5, 0.6) is 5.75 Å². The number of aryl methyl sites for hydroxylation is 2. The van der Waals surface area contributed by atoms with Gasteiger partial charge in [0.15, 0.2) is 0 Å². The Morgan fingerprint density at radius 1 is 0.875 bits per heavy atom. The molecule has 32 heavy (non-hydrogen) atoms.